The number of hydrogen-bond acceptors (Lipinski definition) is 4. The molecular weight excluding hydrogens is 376 g/mol. The van der Waals surface area contributed by atoms with Crippen LogP contribution in [0, 0.1) is 0 Å². The lowest BCUT2D eigenvalue weighted by Crippen LogP contribution is -2.40. The van der Waals surface area contributed by atoms with E-state index in [0.29, 0.717) is 17.0 Å². The molecule has 1 atom stereocenters. The van der Waals surface area contributed by atoms with Gasteiger partial charge in [-0.3, -0.25) is 4.79 Å². The van der Waals surface area contributed by atoms with Crippen molar-refractivity contribution in [2.45, 2.75) is 57.6 Å². The van der Waals surface area contributed by atoms with Gasteiger partial charge < -0.3 is 10.1 Å². The summed E-state index contributed by atoms with van der Waals surface area (Å²) in [6.45, 7) is 9.33. The number of anilines is 1. The van der Waals surface area contributed by atoms with Crippen LogP contribution in [0.4, 0.5) is 5.69 Å². The number of rotatable bonds is 7. The van der Waals surface area contributed by atoms with Crippen molar-refractivity contribution in [3.8, 4) is 5.75 Å². The molecule has 2 aromatic carbocycles. The standard InChI is InChI=1S/C21H28N2O4S/c1-6-15(2)27-18-9-7-8-16(14-18)20(24)22-17-10-12-19(13-11-17)28(25,26)23-21(3,4)5/h7-15,23H,6H2,1-5H3,(H,22,24). The topological polar surface area (TPSA) is 84.5 Å². The first-order chi connectivity index (χ1) is 13.0. The van der Waals surface area contributed by atoms with E-state index >= 15 is 0 Å². The Labute approximate surface area is 167 Å². The molecule has 152 valence electrons. The molecule has 0 radical (unpaired) electrons. The van der Waals surface area contributed by atoms with E-state index in [2.05, 4.69) is 10.0 Å². The lowest BCUT2D eigenvalue weighted by atomic mass is 10.1. The first-order valence-electron chi connectivity index (χ1n) is 9.22. The number of carbonyl (C=O) groups is 1. The summed E-state index contributed by atoms with van der Waals surface area (Å²) in [5.74, 6) is 0.342. The molecule has 2 rings (SSSR count). The van der Waals surface area contributed by atoms with E-state index in [9.17, 15) is 13.2 Å². The molecule has 0 aliphatic heterocycles. The second-order valence-electron chi connectivity index (χ2n) is 7.70. The first kappa shape index (κ1) is 21.9. The Morgan fingerprint density at radius 1 is 1.11 bits per heavy atom. The average Bonchev–Trinajstić information content (AvgIpc) is 2.60. The van der Waals surface area contributed by atoms with E-state index < -0.39 is 15.6 Å². The molecule has 0 aliphatic carbocycles. The highest BCUT2D eigenvalue weighted by Crippen LogP contribution is 2.19. The van der Waals surface area contributed by atoms with Gasteiger partial charge in [0.1, 0.15) is 5.75 Å². The number of carbonyl (C=O) groups excluding carboxylic acids is 1. The van der Waals surface area contributed by atoms with E-state index in [1.807, 2.05) is 19.9 Å². The van der Waals surface area contributed by atoms with Crippen molar-refractivity contribution in [3.63, 3.8) is 0 Å². The molecular formula is C21H28N2O4S. The van der Waals surface area contributed by atoms with Gasteiger partial charge in [-0.15, -0.1) is 0 Å². The maximum Gasteiger partial charge on any atom is 0.255 e. The lowest BCUT2D eigenvalue weighted by Gasteiger charge is -2.20. The van der Waals surface area contributed by atoms with Gasteiger partial charge in [-0.2, -0.15) is 0 Å². The third-order valence-corrected chi connectivity index (χ3v) is 5.65. The molecule has 0 saturated carbocycles. The predicted octanol–water partition coefficient (Wildman–Crippen LogP) is 4.19. The van der Waals surface area contributed by atoms with Gasteiger partial charge in [0.05, 0.1) is 11.0 Å². The Balaban J connectivity index is 2.10. The minimum Gasteiger partial charge on any atom is -0.491 e. The number of sulfonamides is 1. The Hall–Kier alpha value is -2.38. The van der Waals surface area contributed by atoms with Crippen LogP contribution in [-0.2, 0) is 10.0 Å². The molecule has 1 unspecified atom stereocenters. The molecule has 6 nitrogen and oxygen atoms in total. The fourth-order valence-corrected chi connectivity index (χ4v) is 3.83. The smallest absolute Gasteiger partial charge is 0.255 e. The van der Waals surface area contributed by atoms with Crippen molar-refractivity contribution in [2.24, 2.45) is 0 Å². The van der Waals surface area contributed by atoms with Gasteiger partial charge in [-0.05, 0) is 76.6 Å². The fraction of sp³-hybridized carbons (Fsp3) is 0.381. The van der Waals surface area contributed by atoms with Crippen LogP contribution in [0.2, 0.25) is 0 Å². The summed E-state index contributed by atoms with van der Waals surface area (Å²) in [5, 5.41) is 2.77. The van der Waals surface area contributed by atoms with Gasteiger partial charge in [0, 0.05) is 16.8 Å². The van der Waals surface area contributed by atoms with Gasteiger partial charge >= 0.3 is 0 Å². The Bertz CT molecular complexity index is 916. The molecule has 0 aromatic heterocycles. The van der Waals surface area contributed by atoms with Crippen LogP contribution in [0.25, 0.3) is 0 Å². The summed E-state index contributed by atoms with van der Waals surface area (Å²) in [6, 6.07) is 13.0. The number of nitrogens with one attached hydrogen (secondary N) is 2. The van der Waals surface area contributed by atoms with Crippen LogP contribution in [0.1, 0.15) is 51.4 Å². The van der Waals surface area contributed by atoms with Crippen molar-refractivity contribution in [2.75, 3.05) is 5.32 Å². The van der Waals surface area contributed by atoms with E-state index in [-0.39, 0.29) is 16.9 Å². The van der Waals surface area contributed by atoms with Crippen molar-refractivity contribution >= 4 is 21.6 Å². The largest absolute Gasteiger partial charge is 0.491 e. The maximum atomic E-state index is 12.5. The molecule has 0 aliphatic rings. The third-order valence-electron chi connectivity index (χ3n) is 3.87. The Morgan fingerprint density at radius 3 is 2.32 bits per heavy atom. The number of amides is 1. The average molecular weight is 405 g/mol. The van der Waals surface area contributed by atoms with Gasteiger partial charge in [-0.1, -0.05) is 13.0 Å². The number of benzene rings is 2. The summed E-state index contributed by atoms with van der Waals surface area (Å²) in [5.41, 5.74) is 0.397. The summed E-state index contributed by atoms with van der Waals surface area (Å²) in [4.78, 5) is 12.6. The van der Waals surface area contributed by atoms with Crippen LogP contribution in [-0.4, -0.2) is 26.0 Å². The zero-order valence-electron chi connectivity index (χ0n) is 16.9. The maximum absolute atomic E-state index is 12.5. The van der Waals surface area contributed by atoms with E-state index in [1.165, 1.54) is 12.1 Å². The molecule has 1 amide bonds. The van der Waals surface area contributed by atoms with Gasteiger partial charge in [0.25, 0.3) is 5.91 Å². The van der Waals surface area contributed by atoms with Crippen molar-refractivity contribution in [3.05, 3.63) is 54.1 Å². The minimum atomic E-state index is -3.61. The second kappa shape index (κ2) is 8.75. The van der Waals surface area contributed by atoms with E-state index in [0.717, 1.165) is 6.42 Å². The Kier molecular flexibility index (Phi) is 6.85. The molecule has 0 heterocycles. The highest BCUT2D eigenvalue weighted by Gasteiger charge is 2.21. The van der Waals surface area contributed by atoms with Crippen molar-refractivity contribution in [1.82, 2.24) is 4.72 Å². The number of ether oxygens (including phenoxy) is 1. The van der Waals surface area contributed by atoms with Crippen molar-refractivity contribution < 1.29 is 17.9 Å². The van der Waals surface area contributed by atoms with Crippen molar-refractivity contribution in [1.29, 1.82) is 0 Å². The summed E-state index contributed by atoms with van der Waals surface area (Å²) >= 11 is 0. The fourth-order valence-electron chi connectivity index (χ4n) is 2.41. The van der Waals surface area contributed by atoms with E-state index in [1.54, 1.807) is 51.1 Å². The van der Waals surface area contributed by atoms with Gasteiger partial charge in [0.15, 0.2) is 0 Å². The first-order valence-corrected chi connectivity index (χ1v) is 10.7. The SMILES string of the molecule is CCC(C)Oc1cccc(C(=O)Nc2ccc(S(=O)(=O)NC(C)(C)C)cc2)c1. The zero-order chi connectivity index (χ0) is 20.9. The monoisotopic (exact) mass is 404 g/mol. The lowest BCUT2D eigenvalue weighted by molar-refractivity contribution is 0.102. The number of hydrogen-bond donors (Lipinski definition) is 2. The molecule has 0 bridgehead atoms. The van der Waals surface area contributed by atoms with Crippen LogP contribution in [0.5, 0.6) is 5.75 Å². The van der Waals surface area contributed by atoms with Gasteiger partial charge in [0.2, 0.25) is 10.0 Å². The molecule has 2 N–H and O–H groups in total. The molecule has 2 aromatic rings. The molecule has 0 saturated heterocycles. The van der Waals surface area contributed by atoms with E-state index in [4.69, 9.17) is 4.74 Å². The summed E-state index contributed by atoms with van der Waals surface area (Å²) in [6.07, 6.45) is 0.935. The normalized spacial score (nSPS) is 13.0. The highest BCUT2D eigenvalue weighted by molar-refractivity contribution is 7.89. The third kappa shape index (κ3) is 6.35. The minimum absolute atomic E-state index is 0.0644. The van der Waals surface area contributed by atoms with Crippen LogP contribution < -0.4 is 14.8 Å². The molecule has 28 heavy (non-hydrogen) atoms. The molecule has 7 heteroatoms. The quantitative estimate of drug-likeness (QED) is 0.725. The van der Waals surface area contributed by atoms with Crippen LogP contribution >= 0.6 is 0 Å². The summed E-state index contributed by atoms with van der Waals surface area (Å²) in [7, 11) is -3.61. The predicted molar refractivity (Wildman–Crippen MR) is 111 cm³/mol. The Morgan fingerprint density at radius 2 is 1.75 bits per heavy atom. The molecule has 0 spiro atoms. The van der Waals surface area contributed by atoms with Crippen LogP contribution in [0.3, 0.4) is 0 Å². The van der Waals surface area contributed by atoms with Gasteiger partial charge in [-0.25, -0.2) is 13.1 Å². The second-order valence-corrected chi connectivity index (χ2v) is 9.38. The summed E-state index contributed by atoms with van der Waals surface area (Å²) < 4.78 is 33.0. The highest BCUT2D eigenvalue weighted by atomic mass is 32.2. The molecule has 0 fully saturated rings. The van der Waals surface area contributed by atoms with Crippen LogP contribution in [0.15, 0.2) is 53.4 Å². The zero-order valence-corrected chi connectivity index (χ0v) is 17.8.